The van der Waals surface area contributed by atoms with Crippen molar-refractivity contribution in [2.24, 2.45) is 0 Å². The standard InChI is InChI=1S/C12H16N2O4S/c1-8(2)13-19(16,17)9-4-5-11-10(6-9)14(3)12(15)7-18-11/h4-6,8,13H,7H2,1-3H3. The Balaban J connectivity index is 2.44. The third-order valence-corrected chi connectivity index (χ3v) is 4.37. The minimum atomic E-state index is -3.58. The third kappa shape index (κ3) is 2.71. The van der Waals surface area contributed by atoms with Gasteiger partial charge in [0.15, 0.2) is 6.61 Å². The van der Waals surface area contributed by atoms with Crippen molar-refractivity contribution >= 4 is 21.6 Å². The van der Waals surface area contributed by atoms with Crippen molar-refractivity contribution in [2.45, 2.75) is 24.8 Å². The number of hydrogen-bond donors (Lipinski definition) is 1. The summed E-state index contributed by atoms with van der Waals surface area (Å²) in [5, 5.41) is 0. The molecule has 0 fully saturated rings. The highest BCUT2D eigenvalue weighted by molar-refractivity contribution is 7.89. The van der Waals surface area contributed by atoms with E-state index < -0.39 is 10.0 Å². The predicted molar refractivity (Wildman–Crippen MR) is 70.8 cm³/mol. The maximum Gasteiger partial charge on any atom is 0.264 e. The Bertz CT molecular complexity index is 610. The minimum Gasteiger partial charge on any atom is -0.482 e. The van der Waals surface area contributed by atoms with Gasteiger partial charge in [0.2, 0.25) is 10.0 Å². The fourth-order valence-electron chi connectivity index (χ4n) is 1.80. The molecule has 1 heterocycles. The number of ether oxygens (including phenoxy) is 1. The molecule has 0 radical (unpaired) electrons. The highest BCUT2D eigenvalue weighted by Crippen LogP contribution is 2.33. The van der Waals surface area contributed by atoms with Crippen LogP contribution in [0.2, 0.25) is 0 Å². The zero-order chi connectivity index (χ0) is 14.2. The summed E-state index contributed by atoms with van der Waals surface area (Å²) in [4.78, 5) is 13.0. The molecule has 1 N–H and O–H groups in total. The zero-order valence-electron chi connectivity index (χ0n) is 11.0. The van der Waals surface area contributed by atoms with Gasteiger partial charge in [0, 0.05) is 13.1 Å². The molecule has 0 bridgehead atoms. The van der Waals surface area contributed by atoms with Crippen molar-refractivity contribution < 1.29 is 17.9 Å². The molecular formula is C12H16N2O4S. The summed E-state index contributed by atoms with van der Waals surface area (Å²) in [6, 6.07) is 4.27. The number of nitrogens with zero attached hydrogens (tertiary/aromatic N) is 1. The molecule has 0 aromatic heterocycles. The van der Waals surface area contributed by atoms with Gasteiger partial charge in [-0.15, -0.1) is 0 Å². The van der Waals surface area contributed by atoms with E-state index in [9.17, 15) is 13.2 Å². The van der Waals surface area contributed by atoms with Crippen molar-refractivity contribution in [1.29, 1.82) is 0 Å². The summed E-state index contributed by atoms with van der Waals surface area (Å²) < 4.78 is 31.9. The van der Waals surface area contributed by atoms with Crippen molar-refractivity contribution in [1.82, 2.24) is 4.72 Å². The summed E-state index contributed by atoms with van der Waals surface area (Å²) >= 11 is 0. The predicted octanol–water partition coefficient (Wildman–Crippen LogP) is 0.728. The van der Waals surface area contributed by atoms with Crippen LogP contribution >= 0.6 is 0 Å². The fraction of sp³-hybridized carbons (Fsp3) is 0.417. The second-order valence-corrected chi connectivity index (χ2v) is 6.36. The van der Waals surface area contributed by atoms with Crippen LogP contribution in [0.3, 0.4) is 0 Å². The van der Waals surface area contributed by atoms with Gasteiger partial charge in [-0.25, -0.2) is 13.1 Å². The van der Waals surface area contributed by atoms with Crippen LogP contribution in [-0.4, -0.2) is 34.0 Å². The van der Waals surface area contributed by atoms with E-state index in [-0.39, 0.29) is 23.5 Å². The molecule has 0 atom stereocenters. The van der Waals surface area contributed by atoms with Gasteiger partial charge in [-0.2, -0.15) is 0 Å². The normalized spacial score (nSPS) is 15.4. The van der Waals surface area contributed by atoms with Crippen molar-refractivity contribution in [2.75, 3.05) is 18.6 Å². The first-order valence-electron chi connectivity index (χ1n) is 5.87. The molecule has 1 amide bonds. The third-order valence-electron chi connectivity index (χ3n) is 2.72. The van der Waals surface area contributed by atoms with E-state index in [1.807, 2.05) is 0 Å². The fourth-order valence-corrected chi connectivity index (χ4v) is 3.07. The first kappa shape index (κ1) is 13.8. The second-order valence-electron chi connectivity index (χ2n) is 4.65. The van der Waals surface area contributed by atoms with Gasteiger partial charge in [0.1, 0.15) is 5.75 Å². The topological polar surface area (TPSA) is 75.7 Å². The lowest BCUT2D eigenvalue weighted by Gasteiger charge is -2.26. The lowest BCUT2D eigenvalue weighted by Crippen LogP contribution is -2.36. The van der Waals surface area contributed by atoms with Crippen LogP contribution in [0.5, 0.6) is 5.75 Å². The highest BCUT2D eigenvalue weighted by atomic mass is 32.2. The number of nitrogens with one attached hydrogen (secondary N) is 1. The van der Waals surface area contributed by atoms with Crippen LogP contribution in [0.4, 0.5) is 5.69 Å². The number of amides is 1. The van der Waals surface area contributed by atoms with Gasteiger partial charge in [-0.1, -0.05) is 0 Å². The molecule has 0 saturated carbocycles. The molecule has 0 aliphatic carbocycles. The van der Waals surface area contributed by atoms with E-state index in [1.54, 1.807) is 27.0 Å². The molecule has 1 aliphatic heterocycles. The van der Waals surface area contributed by atoms with Gasteiger partial charge in [-0.3, -0.25) is 4.79 Å². The first-order chi connectivity index (χ1) is 8.81. The number of carbonyl (C=O) groups is 1. The lowest BCUT2D eigenvalue weighted by atomic mass is 10.2. The summed E-state index contributed by atoms with van der Waals surface area (Å²) in [6.07, 6.45) is 0. The Kier molecular flexibility index (Phi) is 3.51. The Labute approximate surface area is 112 Å². The lowest BCUT2D eigenvalue weighted by molar-refractivity contribution is -0.120. The second kappa shape index (κ2) is 4.82. The minimum absolute atomic E-state index is 0.0279. The van der Waals surface area contributed by atoms with Crippen LogP contribution in [0, 0.1) is 0 Å². The number of rotatable bonds is 3. The molecule has 1 aliphatic rings. The van der Waals surface area contributed by atoms with E-state index in [0.29, 0.717) is 11.4 Å². The number of benzene rings is 1. The molecule has 6 nitrogen and oxygen atoms in total. The van der Waals surface area contributed by atoms with Crippen LogP contribution in [0.15, 0.2) is 23.1 Å². The molecule has 104 valence electrons. The SMILES string of the molecule is CC(C)NS(=O)(=O)c1ccc2c(c1)N(C)C(=O)CO2. The molecule has 1 aromatic carbocycles. The van der Waals surface area contributed by atoms with E-state index in [4.69, 9.17) is 4.74 Å². The molecule has 19 heavy (non-hydrogen) atoms. The first-order valence-corrected chi connectivity index (χ1v) is 7.35. The molecule has 0 spiro atoms. The van der Waals surface area contributed by atoms with E-state index in [0.717, 1.165) is 0 Å². The van der Waals surface area contributed by atoms with Crippen LogP contribution in [-0.2, 0) is 14.8 Å². The summed E-state index contributed by atoms with van der Waals surface area (Å²) in [7, 11) is -1.98. The Morgan fingerprint density at radius 2 is 2.05 bits per heavy atom. The van der Waals surface area contributed by atoms with Crippen LogP contribution in [0.25, 0.3) is 0 Å². The summed E-state index contributed by atoms with van der Waals surface area (Å²) in [5.41, 5.74) is 0.461. The maximum atomic E-state index is 12.1. The van der Waals surface area contributed by atoms with Crippen molar-refractivity contribution in [3.63, 3.8) is 0 Å². The average Bonchev–Trinajstić information content (AvgIpc) is 2.32. The van der Waals surface area contributed by atoms with Gasteiger partial charge in [0.25, 0.3) is 5.91 Å². The molecule has 7 heteroatoms. The Morgan fingerprint density at radius 1 is 1.37 bits per heavy atom. The number of carbonyl (C=O) groups excluding carboxylic acids is 1. The highest BCUT2D eigenvalue weighted by Gasteiger charge is 2.25. The van der Waals surface area contributed by atoms with Crippen molar-refractivity contribution in [3.05, 3.63) is 18.2 Å². The number of fused-ring (bicyclic) bond motifs is 1. The number of anilines is 1. The number of sulfonamides is 1. The van der Waals surface area contributed by atoms with E-state index >= 15 is 0 Å². The molecule has 0 unspecified atom stereocenters. The van der Waals surface area contributed by atoms with Gasteiger partial charge in [-0.05, 0) is 32.0 Å². The zero-order valence-corrected chi connectivity index (χ0v) is 11.8. The van der Waals surface area contributed by atoms with Crippen LogP contribution in [0.1, 0.15) is 13.8 Å². The quantitative estimate of drug-likeness (QED) is 0.887. The molecular weight excluding hydrogens is 268 g/mol. The van der Waals surface area contributed by atoms with Gasteiger partial charge >= 0.3 is 0 Å². The average molecular weight is 284 g/mol. The maximum absolute atomic E-state index is 12.1. The smallest absolute Gasteiger partial charge is 0.264 e. The van der Waals surface area contributed by atoms with Crippen molar-refractivity contribution in [3.8, 4) is 5.75 Å². The summed E-state index contributed by atoms with van der Waals surface area (Å²) in [5.74, 6) is 0.296. The molecule has 1 aromatic rings. The Hall–Kier alpha value is -1.60. The Morgan fingerprint density at radius 3 is 2.68 bits per heavy atom. The van der Waals surface area contributed by atoms with Gasteiger partial charge in [0.05, 0.1) is 10.6 Å². The summed E-state index contributed by atoms with van der Waals surface area (Å²) in [6.45, 7) is 3.46. The largest absolute Gasteiger partial charge is 0.482 e. The van der Waals surface area contributed by atoms with E-state index in [2.05, 4.69) is 4.72 Å². The van der Waals surface area contributed by atoms with Crippen LogP contribution < -0.4 is 14.4 Å². The number of hydrogen-bond acceptors (Lipinski definition) is 4. The monoisotopic (exact) mass is 284 g/mol. The molecule has 2 rings (SSSR count). The van der Waals surface area contributed by atoms with Gasteiger partial charge < -0.3 is 9.64 Å². The number of likely N-dealkylation sites (N-methyl/N-ethyl adjacent to an activating group) is 1. The van der Waals surface area contributed by atoms with E-state index in [1.165, 1.54) is 17.0 Å². The molecule has 0 saturated heterocycles.